The molecular weight excluding hydrogens is 300 g/mol. The standard InChI is InChI=1S/C20H32N2O2/c1-14-7-9-22(10-8-14)20(23)17(4)21(5)13-18-11-15(2)19(24-6)16(3)12-18/h11-12,14,17H,7-10,13H2,1-6H3. The van der Waals surface area contributed by atoms with Crippen LogP contribution in [0.4, 0.5) is 0 Å². The summed E-state index contributed by atoms with van der Waals surface area (Å²) in [6.45, 7) is 11.0. The molecule has 0 N–H and O–H groups in total. The first kappa shape index (κ1) is 18.8. The van der Waals surface area contributed by atoms with Crippen molar-refractivity contribution in [3.63, 3.8) is 0 Å². The molecule has 1 aliphatic heterocycles. The molecule has 1 aromatic carbocycles. The minimum absolute atomic E-state index is 0.0962. The molecule has 1 saturated heterocycles. The van der Waals surface area contributed by atoms with Gasteiger partial charge in [0.05, 0.1) is 13.2 Å². The molecular formula is C20H32N2O2. The van der Waals surface area contributed by atoms with Crippen LogP contribution in [0.2, 0.25) is 0 Å². The molecule has 0 radical (unpaired) electrons. The van der Waals surface area contributed by atoms with Crippen LogP contribution in [-0.2, 0) is 11.3 Å². The van der Waals surface area contributed by atoms with Gasteiger partial charge >= 0.3 is 0 Å². The molecule has 1 aliphatic rings. The first-order chi connectivity index (χ1) is 11.3. The lowest BCUT2D eigenvalue weighted by Crippen LogP contribution is -2.48. The van der Waals surface area contributed by atoms with E-state index in [0.717, 1.165) is 55.3 Å². The summed E-state index contributed by atoms with van der Waals surface area (Å²) in [5, 5.41) is 0. The van der Waals surface area contributed by atoms with Gasteiger partial charge in [-0.15, -0.1) is 0 Å². The third-order valence-electron chi connectivity index (χ3n) is 5.27. The fourth-order valence-corrected chi connectivity index (χ4v) is 3.56. The Morgan fingerprint density at radius 3 is 2.33 bits per heavy atom. The Bertz CT molecular complexity index is 554. The smallest absolute Gasteiger partial charge is 0.239 e. The van der Waals surface area contributed by atoms with Crippen molar-refractivity contribution in [2.45, 2.75) is 53.1 Å². The van der Waals surface area contributed by atoms with Crippen molar-refractivity contribution in [1.29, 1.82) is 0 Å². The molecule has 4 nitrogen and oxygen atoms in total. The van der Waals surface area contributed by atoms with Crippen LogP contribution < -0.4 is 4.74 Å². The van der Waals surface area contributed by atoms with Crippen LogP contribution in [0.25, 0.3) is 0 Å². The number of likely N-dealkylation sites (N-methyl/N-ethyl adjacent to an activating group) is 1. The van der Waals surface area contributed by atoms with Crippen molar-refractivity contribution in [3.05, 3.63) is 28.8 Å². The van der Waals surface area contributed by atoms with E-state index in [0.29, 0.717) is 0 Å². The van der Waals surface area contributed by atoms with Crippen LogP contribution in [0.1, 0.15) is 43.4 Å². The van der Waals surface area contributed by atoms with Gasteiger partial charge in [-0.1, -0.05) is 19.1 Å². The molecule has 134 valence electrons. The number of ether oxygens (including phenoxy) is 1. The molecule has 0 bridgehead atoms. The Morgan fingerprint density at radius 1 is 1.29 bits per heavy atom. The molecule has 1 fully saturated rings. The maximum atomic E-state index is 12.7. The Morgan fingerprint density at radius 2 is 1.83 bits per heavy atom. The Balaban J connectivity index is 2.01. The number of aryl methyl sites for hydroxylation is 2. The average Bonchev–Trinajstić information content (AvgIpc) is 2.54. The first-order valence-corrected chi connectivity index (χ1v) is 8.96. The first-order valence-electron chi connectivity index (χ1n) is 8.96. The maximum Gasteiger partial charge on any atom is 0.239 e. The van der Waals surface area contributed by atoms with Crippen LogP contribution in [0, 0.1) is 19.8 Å². The normalized spacial score (nSPS) is 17.2. The Kier molecular flexibility index (Phi) is 6.27. The maximum absolute atomic E-state index is 12.7. The quantitative estimate of drug-likeness (QED) is 0.828. The van der Waals surface area contributed by atoms with Gasteiger partial charge in [-0.2, -0.15) is 0 Å². The summed E-state index contributed by atoms with van der Waals surface area (Å²) >= 11 is 0. The van der Waals surface area contributed by atoms with Crippen LogP contribution in [0.5, 0.6) is 5.75 Å². The van der Waals surface area contributed by atoms with E-state index in [-0.39, 0.29) is 11.9 Å². The van der Waals surface area contributed by atoms with E-state index in [4.69, 9.17) is 4.74 Å². The predicted octanol–water partition coefficient (Wildman–Crippen LogP) is 3.39. The van der Waals surface area contributed by atoms with Crippen molar-refractivity contribution in [2.24, 2.45) is 5.92 Å². The van der Waals surface area contributed by atoms with E-state index in [1.165, 1.54) is 5.56 Å². The average molecular weight is 332 g/mol. The number of carbonyl (C=O) groups excluding carboxylic acids is 1. The van der Waals surface area contributed by atoms with E-state index in [1.54, 1.807) is 7.11 Å². The minimum Gasteiger partial charge on any atom is -0.496 e. The van der Waals surface area contributed by atoms with Crippen LogP contribution in [0.15, 0.2) is 12.1 Å². The number of hydrogen-bond acceptors (Lipinski definition) is 3. The van der Waals surface area contributed by atoms with Crippen LogP contribution in [-0.4, -0.2) is 49.0 Å². The fourth-order valence-electron chi connectivity index (χ4n) is 3.56. The van der Waals surface area contributed by atoms with Crippen molar-refractivity contribution >= 4 is 5.91 Å². The molecule has 1 heterocycles. The lowest BCUT2D eigenvalue weighted by molar-refractivity contribution is -0.137. The highest BCUT2D eigenvalue weighted by Crippen LogP contribution is 2.25. The summed E-state index contributed by atoms with van der Waals surface area (Å²) in [5.41, 5.74) is 3.51. The van der Waals surface area contributed by atoms with Gasteiger partial charge in [0.1, 0.15) is 5.75 Å². The predicted molar refractivity (Wildman–Crippen MR) is 98.4 cm³/mol. The number of rotatable bonds is 5. The lowest BCUT2D eigenvalue weighted by Gasteiger charge is -2.34. The SMILES string of the molecule is COc1c(C)cc(CN(C)C(C)C(=O)N2CCC(C)CC2)cc1C. The van der Waals surface area contributed by atoms with Crippen LogP contribution >= 0.6 is 0 Å². The number of methoxy groups -OCH3 is 1. The number of piperidine rings is 1. The fraction of sp³-hybridized carbons (Fsp3) is 0.650. The third-order valence-corrected chi connectivity index (χ3v) is 5.27. The second kappa shape index (κ2) is 8.02. The number of likely N-dealkylation sites (tertiary alicyclic amines) is 1. The van der Waals surface area contributed by atoms with Gasteiger partial charge in [0.15, 0.2) is 0 Å². The highest BCUT2D eigenvalue weighted by atomic mass is 16.5. The molecule has 2 rings (SSSR count). The van der Waals surface area contributed by atoms with Gasteiger partial charge in [-0.05, 0) is 63.3 Å². The molecule has 0 spiro atoms. The van der Waals surface area contributed by atoms with Crippen molar-refractivity contribution in [2.75, 3.05) is 27.2 Å². The van der Waals surface area contributed by atoms with E-state index in [1.807, 2.05) is 18.9 Å². The monoisotopic (exact) mass is 332 g/mol. The highest BCUT2D eigenvalue weighted by Gasteiger charge is 2.26. The van der Waals surface area contributed by atoms with Gasteiger partial charge in [0.2, 0.25) is 5.91 Å². The van der Waals surface area contributed by atoms with E-state index >= 15 is 0 Å². The van der Waals surface area contributed by atoms with Gasteiger partial charge in [-0.3, -0.25) is 9.69 Å². The molecule has 4 heteroatoms. The van der Waals surface area contributed by atoms with Gasteiger partial charge in [0, 0.05) is 19.6 Å². The zero-order valence-corrected chi connectivity index (χ0v) is 16.1. The molecule has 1 aromatic rings. The summed E-state index contributed by atoms with van der Waals surface area (Å²) in [4.78, 5) is 16.9. The summed E-state index contributed by atoms with van der Waals surface area (Å²) in [5.74, 6) is 1.95. The molecule has 1 atom stereocenters. The topological polar surface area (TPSA) is 32.8 Å². The molecule has 1 unspecified atom stereocenters. The molecule has 24 heavy (non-hydrogen) atoms. The number of nitrogens with zero attached hydrogens (tertiary/aromatic N) is 2. The molecule has 1 amide bonds. The number of amides is 1. The Hall–Kier alpha value is -1.55. The molecule has 0 aliphatic carbocycles. The lowest BCUT2D eigenvalue weighted by atomic mass is 9.98. The van der Waals surface area contributed by atoms with Gasteiger partial charge < -0.3 is 9.64 Å². The van der Waals surface area contributed by atoms with Crippen molar-refractivity contribution in [3.8, 4) is 5.75 Å². The second-order valence-corrected chi connectivity index (χ2v) is 7.36. The third kappa shape index (κ3) is 4.29. The number of hydrogen-bond donors (Lipinski definition) is 0. The van der Waals surface area contributed by atoms with E-state index in [2.05, 4.69) is 37.8 Å². The summed E-state index contributed by atoms with van der Waals surface area (Å²) in [6.07, 6.45) is 2.25. The zero-order valence-electron chi connectivity index (χ0n) is 16.1. The highest BCUT2D eigenvalue weighted by molar-refractivity contribution is 5.81. The Labute approximate surface area is 146 Å². The number of carbonyl (C=O) groups is 1. The van der Waals surface area contributed by atoms with E-state index in [9.17, 15) is 4.79 Å². The van der Waals surface area contributed by atoms with E-state index < -0.39 is 0 Å². The molecule has 0 saturated carbocycles. The van der Waals surface area contributed by atoms with Gasteiger partial charge in [-0.25, -0.2) is 0 Å². The summed E-state index contributed by atoms with van der Waals surface area (Å²) < 4.78 is 5.43. The van der Waals surface area contributed by atoms with Crippen molar-refractivity contribution in [1.82, 2.24) is 9.80 Å². The largest absolute Gasteiger partial charge is 0.496 e. The van der Waals surface area contributed by atoms with Gasteiger partial charge in [0.25, 0.3) is 0 Å². The molecule has 0 aromatic heterocycles. The van der Waals surface area contributed by atoms with Crippen molar-refractivity contribution < 1.29 is 9.53 Å². The summed E-state index contributed by atoms with van der Waals surface area (Å²) in [6, 6.07) is 4.21. The zero-order chi connectivity index (χ0) is 17.9. The van der Waals surface area contributed by atoms with Crippen LogP contribution in [0.3, 0.4) is 0 Å². The minimum atomic E-state index is -0.0962. The number of benzene rings is 1. The summed E-state index contributed by atoms with van der Waals surface area (Å²) in [7, 11) is 3.74. The second-order valence-electron chi connectivity index (χ2n) is 7.36.